The van der Waals surface area contributed by atoms with Crippen LogP contribution in [0.4, 0.5) is 17.3 Å². The van der Waals surface area contributed by atoms with Crippen LogP contribution < -0.4 is 20.4 Å². The van der Waals surface area contributed by atoms with Crippen LogP contribution in [0.2, 0.25) is 0 Å². The van der Waals surface area contributed by atoms with Crippen LogP contribution in [0.5, 0.6) is 0 Å². The van der Waals surface area contributed by atoms with E-state index in [2.05, 4.69) is 89.7 Å². The fourth-order valence-electron chi connectivity index (χ4n) is 13.7. The van der Waals surface area contributed by atoms with Crippen molar-refractivity contribution in [2.45, 2.75) is 159 Å². The molecule has 7 fully saturated rings. The van der Waals surface area contributed by atoms with Gasteiger partial charge in [0.1, 0.15) is 11.3 Å². The van der Waals surface area contributed by atoms with Crippen molar-refractivity contribution < 1.29 is 19.2 Å². The van der Waals surface area contributed by atoms with E-state index >= 15 is 0 Å². The SMILES string of the molecule is CC(C)n1cnc2cc(-c3ccc4c(c3)N([C@H]3C[C@@H](N5CCCCC5)C3)CC43CCN(C(=O)CC4(C)CCN(C(=O)C5CCN(c6ccc(C7CCC(=O)NC7=O)cn6)CC5)CC4)CC3)nc(NC3CC3)c21. The summed E-state index contributed by atoms with van der Waals surface area (Å²) in [5.41, 5.74) is 7.73. The van der Waals surface area contributed by atoms with E-state index in [4.69, 9.17) is 9.97 Å². The lowest BCUT2D eigenvalue weighted by atomic mass is 9.73. The highest BCUT2D eigenvalue weighted by Crippen LogP contribution is 2.52. The van der Waals surface area contributed by atoms with Crippen LogP contribution in [0.25, 0.3) is 22.3 Å². The molecule has 15 nitrogen and oxygen atoms in total. The van der Waals surface area contributed by atoms with E-state index in [1.807, 2.05) is 18.5 Å². The van der Waals surface area contributed by atoms with Crippen molar-refractivity contribution in [2.75, 3.05) is 74.0 Å². The Morgan fingerprint density at radius 3 is 2.26 bits per heavy atom. The van der Waals surface area contributed by atoms with Gasteiger partial charge < -0.3 is 34.4 Å². The van der Waals surface area contributed by atoms with Crippen LogP contribution in [0.3, 0.4) is 0 Å². The number of piperidine rings is 5. The van der Waals surface area contributed by atoms with Crippen molar-refractivity contribution in [3.05, 3.63) is 60.0 Å². The van der Waals surface area contributed by atoms with Crippen LogP contribution in [0.15, 0.2) is 48.9 Å². The van der Waals surface area contributed by atoms with Gasteiger partial charge in [-0.15, -0.1) is 0 Å². The smallest absolute Gasteiger partial charge is 0.234 e. The minimum atomic E-state index is -0.349. The molecule has 3 aromatic heterocycles. The number of carbonyl (C=O) groups is 4. The van der Waals surface area contributed by atoms with E-state index in [9.17, 15) is 19.2 Å². The molecule has 2 aliphatic carbocycles. The van der Waals surface area contributed by atoms with Gasteiger partial charge in [-0.25, -0.2) is 15.0 Å². The summed E-state index contributed by atoms with van der Waals surface area (Å²) in [6, 6.07) is 15.2. The van der Waals surface area contributed by atoms with E-state index in [0.717, 1.165) is 111 Å². The van der Waals surface area contributed by atoms with Gasteiger partial charge >= 0.3 is 0 Å². The van der Waals surface area contributed by atoms with Gasteiger partial charge in [0.2, 0.25) is 23.6 Å². The van der Waals surface area contributed by atoms with Gasteiger partial charge in [0, 0.05) is 112 Å². The minimum absolute atomic E-state index is 0.0113. The molecule has 9 heterocycles. The van der Waals surface area contributed by atoms with Crippen LogP contribution in [-0.2, 0) is 24.6 Å². The zero-order valence-corrected chi connectivity index (χ0v) is 42.9. The summed E-state index contributed by atoms with van der Waals surface area (Å²) in [5.74, 6) is 1.48. The molecule has 2 saturated carbocycles. The highest BCUT2D eigenvalue weighted by atomic mass is 16.2. The van der Waals surface area contributed by atoms with E-state index in [-0.39, 0.29) is 46.3 Å². The zero-order valence-electron chi connectivity index (χ0n) is 42.9. The second-order valence-corrected chi connectivity index (χ2v) is 23.8. The van der Waals surface area contributed by atoms with Crippen molar-refractivity contribution >= 4 is 52.0 Å². The second kappa shape index (κ2) is 19.0. The lowest BCUT2D eigenvalue weighted by Gasteiger charge is -2.49. The summed E-state index contributed by atoms with van der Waals surface area (Å²) in [4.78, 5) is 79.1. The van der Waals surface area contributed by atoms with Crippen molar-refractivity contribution in [1.29, 1.82) is 0 Å². The van der Waals surface area contributed by atoms with Crippen LogP contribution in [0.1, 0.15) is 147 Å². The molecule has 1 unspecified atom stereocenters. The summed E-state index contributed by atoms with van der Waals surface area (Å²) >= 11 is 0. The second-order valence-electron chi connectivity index (χ2n) is 23.8. The number of imide groups is 1. The Morgan fingerprint density at radius 1 is 0.819 bits per heavy atom. The minimum Gasteiger partial charge on any atom is -0.367 e. The lowest BCUT2D eigenvalue weighted by Crippen LogP contribution is -2.56. The fourth-order valence-corrected chi connectivity index (χ4v) is 13.7. The third-order valence-corrected chi connectivity index (χ3v) is 18.6. The Kier molecular flexibility index (Phi) is 12.5. The normalized spacial score (nSPS) is 25.8. The number of benzene rings is 1. The quantitative estimate of drug-likeness (QED) is 0.142. The number of pyridine rings is 2. The Hall–Kier alpha value is -5.57. The average Bonchev–Trinajstić information content (AvgIpc) is 4.00. The molecule has 1 aromatic carbocycles. The summed E-state index contributed by atoms with van der Waals surface area (Å²) in [6.07, 6.45) is 19.1. The predicted octanol–water partition coefficient (Wildman–Crippen LogP) is 7.80. The molecule has 4 aromatic rings. The number of imidazole rings is 1. The number of nitrogens with one attached hydrogen (secondary N) is 2. The van der Waals surface area contributed by atoms with Gasteiger partial charge in [0.05, 0.1) is 23.5 Å². The molecule has 15 heteroatoms. The largest absolute Gasteiger partial charge is 0.367 e. The number of aromatic nitrogens is 4. The molecular weight excluding hydrogens is 903 g/mol. The Morgan fingerprint density at radius 2 is 1.57 bits per heavy atom. The van der Waals surface area contributed by atoms with Gasteiger partial charge in [-0.2, -0.15) is 0 Å². The number of anilines is 3. The molecule has 1 spiro atoms. The van der Waals surface area contributed by atoms with Crippen molar-refractivity contribution in [3.63, 3.8) is 0 Å². The molecule has 382 valence electrons. The van der Waals surface area contributed by atoms with Gasteiger partial charge in [0.15, 0.2) is 5.82 Å². The van der Waals surface area contributed by atoms with Crippen molar-refractivity contribution in [2.24, 2.45) is 11.3 Å². The third-order valence-electron chi connectivity index (χ3n) is 18.6. The van der Waals surface area contributed by atoms with E-state index in [1.165, 1.54) is 69.3 Å². The number of hydrogen-bond donors (Lipinski definition) is 2. The first kappa shape index (κ1) is 47.4. The molecule has 1 atom stereocenters. The van der Waals surface area contributed by atoms with Gasteiger partial charge in [-0.1, -0.05) is 31.5 Å². The Balaban J connectivity index is 0.674. The van der Waals surface area contributed by atoms with E-state index in [1.54, 1.807) is 6.20 Å². The predicted molar refractivity (Wildman–Crippen MR) is 280 cm³/mol. The first-order valence-electron chi connectivity index (χ1n) is 27.8. The number of nitrogens with zero attached hydrogens (tertiary/aromatic N) is 9. The van der Waals surface area contributed by atoms with Crippen molar-refractivity contribution in [3.8, 4) is 11.3 Å². The maximum atomic E-state index is 14.3. The van der Waals surface area contributed by atoms with Gasteiger partial charge in [-0.3, -0.25) is 24.5 Å². The molecule has 6 aliphatic heterocycles. The lowest BCUT2D eigenvalue weighted by molar-refractivity contribution is -0.140. The average molecular weight is 978 g/mol. The summed E-state index contributed by atoms with van der Waals surface area (Å²) in [7, 11) is 0. The highest BCUT2D eigenvalue weighted by molar-refractivity contribution is 6.01. The van der Waals surface area contributed by atoms with Crippen LogP contribution in [-0.4, -0.2) is 135 Å². The number of hydrogen-bond acceptors (Lipinski definition) is 11. The molecule has 8 aliphatic rings. The van der Waals surface area contributed by atoms with Gasteiger partial charge in [-0.05, 0) is 145 Å². The first-order chi connectivity index (χ1) is 34.9. The van der Waals surface area contributed by atoms with Gasteiger partial charge in [0.25, 0.3) is 0 Å². The van der Waals surface area contributed by atoms with E-state index < -0.39 is 0 Å². The van der Waals surface area contributed by atoms with Crippen LogP contribution >= 0.6 is 0 Å². The first-order valence-corrected chi connectivity index (χ1v) is 27.8. The zero-order chi connectivity index (χ0) is 49.3. The number of likely N-dealkylation sites (tertiary alicyclic amines) is 3. The number of rotatable bonds is 11. The van der Waals surface area contributed by atoms with Crippen molar-refractivity contribution in [1.82, 2.24) is 39.5 Å². The molecule has 5 saturated heterocycles. The van der Waals surface area contributed by atoms with E-state index in [0.29, 0.717) is 56.5 Å². The highest BCUT2D eigenvalue weighted by Gasteiger charge is 2.50. The maximum Gasteiger partial charge on any atom is 0.234 e. The summed E-state index contributed by atoms with van der Waals surface area (Å²) in [6.45, 7) is 14.6. The Labute approximate surface area is 424 Å². The molecular formula is C57H75N11O4. The molecule has 2 N–H and O–H groups in total. The molecule has 0 radical (unpaired) electrons. The summed E-state index contributed by atoms with van der Waals surface area (Å²) in [5, 5.41) is 6.19. The number of amides is 4. The Bertz CT molecular complexity index is 2700. The standard InChI is InChI=1S/C57H75N11O4/c1-37(2)68-36-59-47-32-46(61-53(52(47)68)60-41-9-10-41)39-7-12-45-48(29-39)67(43-30-42(31-43)63-21-5-4-6-22-63)35-57(45)19-27-65(28-20-57)51(70)33-56(3)17-25-66(26-18-56)55(72)38-15-23-64(24-16-38)49-13-8-40(34-58-49)44-11-14-50(69)62-54(44)71/h7-8,12-13,29,32,34,36-38,41-44H,4-6,9-11,14-28,30-31,33,35H2,1-3H3,(H,60,61)(H,62,69,71)/t42-,43+,44?. The summed E-state index contributed by atoms with van der Waals surface area (Å²) < 4.78 is 2.24. The monoisotopic (exact) mass is 978 g/mol. The molecule has 4 amide bonds. The maximum absolute atomic E-state index is 14.3. The number of carbonyl (C=O) groups excluding carboxylic acids is 4. The topological polar surface area (TPSA) is 152 Å². The third kappa shape index (κ3) is 9.14. The molecule has 12 rings (SSSR count). The molecule has 72 heavy (non-hydrogen) atoms. The fraction of sp³-hybridized carbons (Fsp3) is 0.632. The number of fused-ring (bicyclic) bond motifs is 3. The molecule has 0 bridgehead atoms. The van der Waals surface area contributed by atoms with Crippen LogP contribution in [0, 0.1) is 11.3 Å².